The minimum Gasteiger partial charge on any atom is -0.494 e. The van der Waals surface area contributed by atoms with Crippen molar-refractivity contribution in [1.82, 2.24) is 4.90 Å². The molecule has 50 heavy (non-hydrogen) atoms. The number of ether oxygens (including phenoxy) is 2. The van der Waals surface area contributed by atoms with Crippen LogP contribution in [0.1, 0.15) is 123 Å². The van der Waals surface area contributed by atoms with Crippen LogP contribution in [0.4, 0.5) is 11.4 Å². The zero-order valence-electron chi connectivity index (χ0n) is 31.1. The molecule has 3 heterocycles. The van der Waals surface area contributed by atoms with Crippen molar-refractivity contribution in [3.05, 3.63) is 53.4 Å². The van der Waals surface area contributed by atoms with Crippen molar-refractivity contribution >= 4 is 44.7 Å². The molecule has 0 spiro atoms. The van der Waals surface area contributed by atoms with E-state index in [0.717, 1.165) is 75.4 Å². The summed E-state index contributed by atoms with van der Waals surface area (Å²) in [6, 6.07) is 14.9. The lowest BCUT2D eigenvalue weighted by Crippen LogP contribution is -2.46. The molecule has 2 aliphatic rings. The van der Waals surface area contributed by atoms with Gasteiger partial charge in [0.1, 0.15) is 5.75 Å². The monoisotopic (exact) mass is 703 g/mol. The van der Waals surface area contributed by atoms with E-state index in [4.69, 9.17) is 9.47 Å². The van der Waals surface area contributed by atoms with Crippen LogP contribution in [-0.4, -0.2) is 62.8 Å². The molecule has 1 fully saturated rings. The van der Waals surface area contributed by atoms with E-state index in [2.05, 4.69) is 66.3 Å². The summed E-state index contributed by atoms with van der Waals surface area (Å²) in [5.41, 5.74) is 2.95. The van der Waals surface area contributed by atoms with Gasteiger partial charge in [0.2, 0.25) is 5.91 Å². The Bertz CT molecular complexity index is 1500. The molecule has 1 aromatic heterocycles. The van der Waals surface area contributed by atoms with Crippen molar-refractivity contribution in [1.29, 1.82) is 0 Å². The van der Waals surface area contributed by atoms with E-state index < -0.39 is 0 Å². The lowest BCUT2D eigenvalue weighted by atomic mass is 9.77. The van der Waals surface area contributed by atoms with Crippen LogP contribution >= 0.6 is 11.3 Å². The van der Waals surface area contributed by atoms with Gasteiger partial charge in [-0.25, -0.2) is 0 Å². The first-order valence-corrected chi connectivity index (χ1v) is 20.4. The smallest absolute Gasteiger partial charge is 0.307 e. The fraction of sp³-hybridized carbons (Fsp3) is 0.619. The number of carbonyl (C=O) groups excluding carboxylic acids is 2. The highest BCUT2D eigenvalue weighted by atomic mass is 32.1. The number of hydrogen-bond donors (Lipinski definition) is 0. The molecule has 0 aliphatic carbocycles. The Balaban J connectivity index is 0.997. The molecule has 0 atom stereocenters. The van der Waals surface area contributed by atoms with Crippen LogP contribution in [0.5, 0.6) is 5.75 Å². The summed E-state index contributed by atoms with van der Waals surface area (Å²) in [6.07, 6.45) is 16.5. The number of benzene rings is 2. The highest BCUT2D eigenvalue weighted by molar-refractivity contribution is 7.17. The van der Waals surface area contributed by atoms with E-state index in [1.165, 1.54) is 73.6 Å². The second kappa shape index (κ2) is 19.5. The highest BCUT2D eigenvalue weighted by Gasteiger charge is 2.37. The van der Waals surface area contributed by atoms with Gasteiger partial charge in [-0.1, -0.05) is 97.1 Å². The summed E-state index contributed by atoms with van der Waals surface area (Å²) in [5.74, 6) is 0.505. The van der Waals surface area contributed by atoms with Crippen molar-refractivity contribution < 1.29 is 19.1 Å². The van der Waals surface area contributed by atoms with Crippen molar-refractivity contribution in [2.24, 2.45) is 0 Å². The second-order valence-corrected chi connectivity index (χ2v) is 15.9. The molecule has 1 saturated heterocycles. The van der Waals surface area contributed by atoms with E-state index in [1.807, 2.05) is 23.5 Å². The molecule has 0 bridgehead atoms. The number of hydrogen-bond acceptors (Lipinski definition) is 7. The van der Waals surface area contributed by atoms with Crippen LogP contribution in [0.2, 0.25) is 0 Å². The van der Waals surface area contributed by atoms with Crippen LogP contribution in [0, 0.1) is 0 Å². The van der Waals surface area contributed by atoms with Crippen molar-refractivity contribution in [2.45, 2.75) is 122 Å². The lowest BCUT2D eigenvalue weighted by molar-refractivity contribution is -0.144. The number of amides is 1. The van der Waals surface area contributed by atoms with Crippen LogP contribution < -0.4 is 14.5 Å². The van der Waals surface area contributed by atoms with E-state index in [9.17, 15) is 9.59 Å². The first-order valence-electron chi connectivity index (χ1n) is 19.5. The minimum absolute atomic E-state index is 0.0192. The third-order valence-corrected chi connectivity index (χ3v) is 11.4. The zero-order valence-corrected chi connectivity index (χ0v) is 31.9. The Morgan fingerprint density at radius 3 is 2.28 bits per heavy atom. The first kappa shape index (κ1) is 38.1. The molecule has 274 valence electrons. The first-order chi connectivity index (χ1) is 24.4. The quantitative estimate of drug-likeness (QED) is 0.0813. The summed E-state index contributed by atoms with van der Waals surface area (Å²) in [4.78, 5) is 32.6. The molecule has 0 radical (unpaired) electrons. The molecule has 2 aliphatic heterocycles. The van der Waals surface area contributed by atoms with Gasteiger partial charge in [0, 0.05) is 66.3 Å². The van der Waals surface area contributed by atoms with E-state index in [1.54, 1.807) is 4.90 Å². The Kier molecular flexibility index (Phi) is 14.9. The summed E-state index contributed by atoms with van der Waals surface area (Å²) < 4.78 is 13.2. The van der Waals surface area contributed by atoms with Gasteiger partial charge in [0.25, 0.3) is 0 Å². The van der Waals surface area contributed by atoms with Gasteiger partial charge < -0.3 is 14.4 Å². The molecule has 3 aromatic rings. The van der Waals surface area contributed by atoms with Crippen molar-refractivity contribution in [3.63, 3.8) is 0 Å². The van der Waals surface area contributed by atoms with Gasteiger partial charge in [-0.3, -0.25) is 19.4 Å². The van der Waals surface area contributed by atoms with Gasteiger partial charge in [0.15, 0.2) is 6.73 Å². The Labute approximate surface area is 305 Å². The summed E-state index contributed by atoms with van der Waals surface area (Å²) in [5, 5.41) is 3.56. The Hall–Kier alpha value is -3.10. The number of fused-ring (bicyclic) bond motifs is 2. The number of piperazine rings is 1. The molecular weight excluding hydrogens is 643 g/mol. The molecule has 5 rings (SSSR count). The number of rotatable bonds is 21. The Morgan fingerprint density at radius 2 is 1.54 bits per heavy atom. The number of esters is 1. The van der Waals surface area contributed by atoms with Gasteiger partial charge in [-0.05, 0) is 61.0 Å². The molecule has 8 heteroatoms. The van der Waals surface area contributed by atoms with Gasteiger partial charge >= 0.3 is 5.97 Å². The van der Waals surface area contributed by atoms with E-state index >= 15 is 0 Å². The molecule has 0 saturated carbocycles. The van der Waals surface area contributed by atoms with Crippen LogP contribution in [0.15, 0.2) is 47.8 Å². The largest absolute Gasteiger partial charge is 0.494 e. The van der Waals surface area contributed by atoms with Crippen molar-refractivity contribution in [2.75, 3.05) is 55.9 Å². The number of carbonyl (C=O) groups is 2. The standard InChI is InChI=1S/C42H61N3O4S/c1-4-5-6-7-8-9-10-11-12-13-14-20-41(47)49-33-45-38-31-34(21-22-36(38)42(2,3)32-40(45)46)48-29-16-15-24-43-25-27-44(28-26-43)37-18-17-19-39-35(37)23-30-50-39/h17-19,21-23,30-31H,4-16,20,24-29,32-33H2,1-3H3. The maximum atomic E-state index is 13.2. The van der Waals surface area contributed by atoms with Gasteiger partial charge in [-0.15, -0.1) is 11.3 Å². The average Bonchev–Trinajstić information content (AvgIpc) is 3.60. The Morgan fingerprint density at radius 1 is 0.820 bits per heavy atom. The normalized spacial score (nSPS) is 16.2. The predicted octanol–water partition coefficient (Wildman–Crippen LogP) is 10.1. The third-order valence-electron chi connectivity index (χ3n) is 10.5. The third kappa shape index (κ3) is 10.9. The summed E-state index contributed by atoms with van der Waals surface area (Å²) in [7, 11) is 0. The van der Waals surface area contributed by atoms with Crippen LogP contribution in [0.3, 0.4) is 0 Å². The van der Waals surface area contributed by atoms with Crippen LogP contribution in [-0.2, 0) is 19.7 Å². The maximum absolute atomic E-state index is 13.2. The molecule has 0 unspecified atom stereocenters. The number of thiophene rings is 1. The predicted molar refractivity (Wildman–Crippen MR) is 209 cm³/mol. The van der Waals surface area contributed by atoms with Crippen molar-refractivity contribution in [3.8, 4) is 5.75 Å². The molecular formula is C42H61N3O4S. The number of anilines is 2. The average molecular weight is 704 g/mol. The maximum Gasteiger partial charge on any atom is 0.307 e. The lowest BCUT2D eigenvalue weighted by Gasteiger charge is -2.38. The number of unbranched alkanes of at least 4 members (excludes halogenated alkanes) is 11. The SMILES string of the molecule is CCCCCCCCCCCCCC(=O)OCN1C(=O)CC(C)(C)c2ccc(OCCCCN3CCN(c4cccc5sccc45)CC3)cc21. The molecule has 7 nitrogen and oxygen atoms in total. The molecule has 1 amide bonds. The fourth-order valence-electron chi connectivity index (χ4n) is 7.48. The topological polar surface area (TPSA) is 62.3 Å². The van der Waals surface area contributed by atoms with Gasteiger partial charge in [0.05, 0.1) is 12.3 Å². The summed E-state index contributed by atoms with van der Waals surface area (Å²) in [6.45, 7) is 12.4. The zero-order chi connectivity index (χ0) is 35.2. The molecule has 0 N–H and O–H groups in total. The molecule has 2 aromatic carbocycles. The van der Waals surface area contributed by atoms with Gasteiger partial charge in [-0.2, -0.15) is 0 Å². The minimum atomic E-state index is -0.290. The second-order valence-electron chi connectivity index (χ2n) is 15.0. The summed E-state index contributed by atoms with van der Waals surface area (Å²) >= 11 is 1.81. The highest BCUT2D eigenvalue weighted by Crippen LogP contribution is 2.42. The number of nitrogens with zero attached hydrogens (tertiary/aromatic N) is 3. The fourth-order valence-corrected chi connectivity index (χ4v) is 8.28. The van der Waals surface area contributed by atoms with E-state index in [0.29, 0.717) is 19.4 Å². The van der Waals surface area contributed by atoms with E-state index in [-0.39, 0.29) is 24.0 Å². The van der Waals surface area contributed by atoms with Crippen LogP contribution in [0.25, 0.3) is 10.1 Å².